The Morgan fingerprint density at radius 3 is 2.65 bits per heavy atom. The molecule has 0 aliphatic carbocycles. The third-order valence-corrected chi connectivity index (χ3v) is 2.43. The molecule has 88 valence electrons. The summed E-state index contributed by atoms with van der Waals surface area (Å²) in [7, 11) is 0. The van der Waals surface area contributed by atoms with E-state index in [-0.39, 0.29) is 11.1 Å². The topological polar surface area (TPSA) is 83.6 Å². The van der Waals surface area contributed by atoms with Crippen LogP contribution in [0, 0.1) is 13.8 Å². The molecule has 2 rings (SSSR count). The lowest BCUT2D eigenvalue weighted by Crippen LogP contribution is -2.14. The van der Waals surface area contributed by atoms with E-state index in [0.29, 0.717) is 22.8 Å². The molecule has 0 saturated carbocycles. The van der Waals surface area contributed by atoms with Crippen molar-refractivity contribution >= 4 is 23.3 Å². The molecule has 0 unspecified atom stereocenters. The number of H-pyrrole nitrogens is 1. The molecule has 0 atom stereocenters. The van der Waals surface area contributed by atoms with Crippen LogP contribution in [-0.4, -0.2) is 26.3 Å². The van der Waals surface area contributed by atoms with Gasteiger partial charge in [-0.15, -0.1) is 10.2 Å². The molecule has 0 saturated heterocycles. The maximum Gasteiger partial charge on any atom is 0.260 e. The van der Waals surface area contributed by atoms with E-state index < -0.39 is 0 Å². The highest BCUT2D eigenvalue weighted by Crippen LogP contribution is 2.12. The van der Waals surface area contributed by atoms with Crippen molar-refractivity contribution in [2.24, 2.45) is 0 Å². The van der Waals surface area contributed by atoms with Crippen molar-refractivity contribution in [2.75, 3.05) is 5.32 Å². The first-order chi connectivity index (χ1) is 8.08. The summed E-state index contributed by atoms with van der Waals surface area (Å²) in [5, 5.41) is 17.0. The minimum absolute atomic E-state index is 0.273. The molecule has 0 aliphatic rings. The van der Waals surface area contributed by atoms with E-state index in [4.69, 9.17) is 11.6 Å². The molecule has 2 aromatic heterocycles. The molecule has 1 amide bonds. The van der Waals surface area contributed by atoms with Gasteiger partial charge in [-0.05, 0) is 26.0 Å². The number of rotatable bonds is 2. The summed E-state index contributed by atoms with van der Waals surface area (Å²) in [5.41, 5.74) is 1.87. The van der Waals surface area contributed by atoms with Crippen molar-refractivity contribution in [1.82, 2.24) is 20.4 Å². The second kappa shape index (κ2) is 4.50. The van der Waals surface area contributed by atoms with Crippen molar-refractivity contribution < 1.29 is 4.79 Å². The zero-order valence-corrected chi connectivity index (χ0v) is 10.0. The van der Waals surface area contributed by atoms with Crippen molar-refractivity contribution in [3.05, 3.63) is 34.2 Å². The first kappa shape index (κ1) is 11.5. The van der Waals surface area contributed by atoms with E-state index in [1.165, 1.54) is 0 Å². The second-order valence-electron chi connectivity index (χ2n) is 3.50. The first-order valence-corrected chi connectivity index (χ1v) is 5.28. The zero-order valence-electron chi connectivity index (χ0n) is 9.28. The van der Waals surface area contributed by atoms with E-state index in [9.17, 15) is 4.79 Å². The molecule has 6 nitrogen and oxygen atoms in total. The number of hydrogen-bond donors (Lipinski definition) is 2. The Morgan fingerprint density at radius 2 is 2.12 bits per heavy atom. The monoisotopic (exact) mass is 251 g/mol. The van der Waals surface area contributed by atoms with Gasteiger partial charge in [-0.1, -0.05) is 11.6 Å². The highest BCUT2D eigenvalue weighted by molar-refractivity contribution is 6.29. The molecule has 17 heavy (non-hydrogen) atoms. The number of carbonyl (C=O) groups excluding carboxylic acids is 1. The lowest BCUT2D eigenvalue weighted by molar-refractivity contribution is 0.102. The lowest BCUT2D eigenvalue weighted by atomic mass is 10.2. The molecular weight excluding hydrogens is 242 g/mol. The number of aromatic amines is 1. The molecule has 2 N–H and O–H groups in total. The van der Waals surface area contributed by atoms with Gasteiger partial charge in [0.1, 0.15) is 0 Å². The van der Waals surface area contributed by atoms with Gasteiger partial charge in [0.2, 0.25) is 0 Å². The number of anilines is 1. The molecule has 0 bridgehead atoms. The number of amides is 1. The quantitative estimate of drug-likeness (QED) is 0.851. The fraction of sp³-hybridized carbons (Fsp3) is 0.200. The Balaban J connectivity index is 2.20. The Kier molecular flexibility index (Phi) is 3.06. The average Bonchev–Trinajstić information content (AvgIpc) is 2.62. The normalized spacial score (nSPS) is 10.3. The van der Waals surface area contributed by atoms with Crippen molar-refractivity contribution in [3.63, 3.8) is 0 Å². The van der Waals surface area contributed by atoms with Crippen LogP contribution in [0.2, 0.25) is 5.15 Å². The number of hydrogen-bond acceptors (Lipinski definition) is 4. The zero-order chi connectivity index (χ0) is 12.4. The summed E-state index contributed by atoms with van der Waals surface area (Å²) in [6.07, 6.45) is 0. The predicted octanol–water partition coefficient (Wildman–Crippen LogP) is 1.72. The van der Waals surface area contributed by atoms with Gasteiger partial charge in [-0.25, -0.2) is 0 Å². The highest BCUT2D eigenvalue weighted by Gasteiger charge is 2.15. The van der Waals surface area contributed by atoms with Gasteiger partial charge in [0.25, 0.3) is 5.91 Å². The van der Waals surface area contributed by atoms with E-state index in [0.717, 1.165) is 0 Å². The van der Waals surface area contributed by atoms with Gasteiger partial charge in [0, 0.05) is 5.69 Å². The summed E-state index contributed by atoms with van der Waals surface area (Å²) in [6, 6.07) is 3.14. The molecule has 0 radical (unpaired) electrons. The smallest absolute Gasteiger partial charge is 0.260 e. The number of nitrogens with one attached hydrogen (secondary N) is 2. The van der Waals surface area contributed by atoms with Crippen LogP contribution < -0.4 is 5.32 Å². The summed E-state index contributed by atoms with van der Waals surface area (Å²) >= 11 is 5.60. The minimum Gasteiger partial charge on any atom is -0.305 e. The van der Waals surface area contributed by atoms with Crippen LogP contribution in [0.15, 0.2) is 12.1 Å². The van der Waals surface area contributed by atoms with Gasteiger partial charge >= 0.3 is 0 Å². The number of aromatic nitrogens is 4. The largest absolute Gasteiger partial charge is 0.305 e. The molecule has 2 heterocycles. The van der Waals surface area contributed by atoms with Crippen molar-refractivity contribution in [3.8, 4) is 0 Å². The SMILES string of the molecule is Cc1n[nH]c(C)c1C(=O)Nc1ccc(Cl)nn1. The summed E-state index contributed by atoms with van der Waals surface area (Å²) in [6.45, 7) is 3.54. The molecule has 0 fully saturated rings. The van der Waals surface area contributed by atoms with E-state index in [1.807, 2.05) is 0 Å². The Bertz CT molecular complexity index is 529. The summed E-state index contributed by atoms with van der Waals surface area (Å²) in [4.78, 5) is 11.9. The number of carbonyl (C=O) groups is 1. The second-order valence-corrected chi connectivity index (χ2v) is 3.89. The molecule has 0 aromatic carbocycles. The van der Waals surface area contributed by atoms with Gasteiger partial charge < -0.3 is 5.32 Å². The number of aryl methyl sites for hydroxylation is 2. The van der Waals surface area contributed by atoms with E-state index in [1.54, 1.807) is 26.0 Å². The van der Waals surface area contributed by atoms with Crippen LogP contribution in [0.5, 0.6) is 0 Å². The fourth-order valence-electron chi connectivity index (χ4n) is 1.45. The summed E-state index contributed by atoms with van der Waals surface area (Å²) in [5.74, 6) is 0.0739. The first-order valence-electron chi connectivity index (χ1n) is 4.90. The third kappa shape index (κ3) is 2.42. The highest BCUT2D eigenvalue weighted by atomic mass is 35.5. The fourth-order valence-corrected chi connectivity index (χ4v) is 1.55. The third-order valence-electron chi connectivity index (χ3n) is 2.23. The molecule has 0 aliphatic heterocycles. The minimum atomic E-state index is -0.273. The van der Waals surface area contributed by atoms with Gasteiger partial charge in [-0.3, -0.25) is 9.89 Å². The van der Waals surface area contributed by atoms with Crippen LogP contribution in [0.4, 0.5) is 5.82 Å². The van der Waals surface area contributed by atoms with E-state index in [2.05, 4.69) is 25.7 Å². The maximum absolute atomic E-state index is 11.9. The Morgan fingerprint density at radius 1 is 1.35 bits per heavy atom. The molecule has 2 aromatic rings. The Labute approximate surface area is 102 Å². The van der Waals surface area contributed by atoms with Crippen LogP contribution in [0.25, 0.3) is 0 Å². The number of nitrogens with zero attached hydrogens (tertiary/aromatic N) is 3. The average molecular weight is 252 g/mol. The predicted molar refractivity (Wildman–Crippen MR) is 63.1 cm³/mol. The van der Waals surface area contributed by atoms with Crippen molar-refractivity contribution in [2.45, 2.75) is 13.8 Å². The standard InChI is InChI=1S/C10H10ClN5O/c1-5-9(6(2)14-13-5)10(17)12-8-4-3-7(11)15-16-8/h3-4H,1-2H3,(H,13,14)(H,12,16,17). The van der Waals surface area contributed by atoms with Gasteiger partial charge in [0.05, 0.1) is 11.3 Å². The van der Waals surface area contributed by atoms with Gasteiger partial charge in [0.15, 0.2) is 11.0 Å². The lowest BCUT2D eigenvalue weighted by Gasteiger charge is -2.03. The molecule has 0 spiro atoms. The summed E-state index contributed by atoms with van der Waals surface area (Å²) < 4.78 is 0. The van der Waals surface area contributed by atoms with Crippen LogP contribution >= 0.6 is 11.6 Å². The van der Waals surface area contributed by atoms with Crippen LogP contribution in [-0.2, 0) is 0 Å². The number of halogens is 1. The van der Waals surface area contributed by atoms with Crippen LogP contribution in [0.3, 0.4) is 0 Å². The van der Waals surface area contributed by atoms with E-state index >= 15 is 0 Å². The van der Waals surface area contributed by atoms with Crippen LogP contribution in [0.1, 0.15) is 21.7 Å². The molecule has 7 heteroatoms. The molecular formula is C10H10ClN5O. The Hall–Kier alpha value is -1.95. The van der Waals surface area contributed by atoms with Gasteiger partial charge in [-0.2, -0.15) is 5.10 Å². The maximum atomic E-state index is 11.9. The van der Waals surface area contributed by atoms with Crippen molar-refractivity contribution in [1.29, 1.82) is 0 Å².